The van der Waals surface area contributed by atoms with E-state index in [1.165, 1.54) is 0 Å². The highest BCUT2D eigenvalue weighted by Gasteiger charge is 2.38. The van der Waals surface area contributed by atoms with E-state index in [1.807, 2.05) is 0 Å². The van der Waals surface area contributed by atoms with Crippen molar-refractivity contribution >= 4 is 11.9 Å². The molecule has 0 spiro atoms. The fraction of sp³-hybridized carbons (Fsp3) is 0.750. The van der Waals surface area contributed by atoms with E-state index in [0.29, 0.717) is 6.61 Å². The summed E-state index contributed by atoms with van der Waals surface area (Å²) in [6.45, 7) is 2.13. The van der Waals surface area contributed by atoms with Gasteiger partial charge in [-0.1, -0.05) is 0 Å². The quantitative estimate of drug-likeness (QED) is 0.494. The van der Waals surface area contributed by atoms with E-state index in [4.69, 9.17) is 14.9 Å². The van der Waals surface area contributed by atoms with Crippen LogP contribution >= 0.6 is 0 Å². The number of carboxylic acid groups (broad SMARTS) is 2. The van der Waals surface area contributed by atoms with Gasteiger partial charge in [0, 0.05) is 19.6 Å². The second-order valence-corrected chi connectivity index (χ2v) is 2.85. The van der Waals surface area contributed by atoms with Crippen LogP contribution < -0.4 is 0 Å². The van der Waals surface area contributed by atoms with E-state index in [2.05, 4.69) is 0 Å². The van der Waals surface area contributed by atoms with Crippen molar-refractivity contribution in [2.75, 3.05) is 13.2 Å². The van der Waals surface area contributed by atoms with E-state index in [-0.39, 0.29) is 13.0 Å². The van der Waals surface area contributed by atoms with Crippen LogP contribution in [0.4, 0.5) is 0 Å². The molecule has 82 valence electrons. The summed E-state index contributed by atoms with van der Waals surface area (Å²) < 4.78 is 4.84. The van der Waals surface area contributed by atoms with Gasteiger partial charge in [-0.2, -0.15) is 0 Å². The number of ether oxygens (including phenoxy) is 1. The second kappa shape index (κ2) is 5.56. The first-order valence-corrected chi connectivity index (χ1v) is 4.17. The summed E-state index contributed by atoms with van der Waals surface area (Å²) in [7, 11) is 0. The molecule has 1 unspecified atom stereocenters. The molecule has 0 radical (unpaired) electrons. The SMILES string of the molecule is CCOCCC(O)(CC(=O)O)C(=O)O. The van der Waals surface area contributed by atoms with Crippen molar-refractivity contribution in [3.8, 4) is 0 Å². The van der Waals surface area contributed by atoms with E-state index in [0.717, 1.165) is 0 Å². The van der Waals surface area contributed by atoms with Gasteiger partial charge in [-0.3, -0.25) is 4.79 Å². The van der Waals surface area contributed by atoms with Gasteiger partial charge in [-0.05, 0) is 6.92 Å². The van der Waals surface area contributed by atoms with Gasteiger partial charge >= 0.3 is 11.9 Å². The molecule has 6 nitrogen and oxygen atoms in total. The molecule has 14 heavy (non-hydrogen) atoms. The lowest BCUT2D eigenvalue weighted by atomic mass is 9.96. The van der Waals surface area contributed by atoms with Crippen molar-refractivity contribution in [3.63, 3.8) is 0 Å². The van der Waals surface area contributed by atoms with Crippen LogP contribution in [0.15, 0.2) is 0 Å². The first-order chi connectivity index (χ1) is 6.42. The second-order valence-electron chi connectivity index (χ2n) is 2.85. The van der Waals surface area contributed by atoms with Gasteiger partial charge in [0.2, 0.25) is 0 Å². The van der Waals surface area contributed by atoms with Crippen molar-refractivity contribution in [2.24, 2.45) is 0 Å². The lowest BCUT2D eigenvalue weighted by Gasteiger charge is -2.20. The topological polar surface area (TPSA) is 104 Å². The molecule has 1 atom stereocenters. The van der Waals surface area contributed by atoms with Crippen LogP contribution in [0.1, 0.15) is 19.8 Å². The van der Waals surface area contributed by atoms with Crippen molar-refractivity contribution in [1.82, 2.24) is 0 Å². The van der Waals surface area contributed by atoms with Crippen LogP contribution in [0.5, 0.6) is 0 Å². The van der Waals surface area contributed by atoms with E-state index >= 15 is 0 Å². The molecule has 0 amide bonds. The van der Waals surface area contributed by atoms with Gasteiger partial charge in [0.1, 0.15) is 0 Å². The third-order valence-corrected chi connectivity index (χ3v) is 1.71. The molecule has 0 bridgehead atoms. The zero-order chi connectivity index (χ0) is 11.2. The highest BCUT2D eigenvalue weighted by atomic mass is 16.5. The highest BCUT2D eigenvalue weighted by molar-refractivity contribution is 5.83. The van der Waals surface area contributed by atoms with Gasteiger partial charge in [0.25, 0.3) is 0 Å². The van der Waals surface area contributed by atoms with Crippen LogP contribution in [0.25, 0.3) is 0 Å². The molecule has 0 saturated carbocycles. The molecule has 0 saturated heterocycles. The smallest absolute Gasteiger partial charge is 0.336 e. The average molecular weight is 206 g/mol. The van der Waals surface area contributed by atoms with Crippen molar-refractivity contribution in [1.29, 1.82) is 0 Å². The minimum absolute atomic E-state index is 0.0204. The molecule has 0 heterocycles. The Labute approximate surface area is 81.1 Å². The number of hydrogen-bond acceptors (Lipinski definition) is 4. The molecule has 0 fully saturated rings. The number of carboxylic acids is 2. The summed E-state index contributed by atoms with van der Waals surface area (Å²) in [6.07, 6.45) is -1.06. The Balaban J connectivity index is 4.24. The Bertz CT molecular complexity index is 214. The Morgan fingerprint density at radius 1 is 1.36 bits per heavy atom. The molecular formula is C8H14O6. The molecule has 0 aromatic heterocycles. The summed E-state index contributed by atoms with van der Waals surface area (Å²) in [5, 5.41) is 26.4. The first-order valence-electron chi connectivity index (χ1n) is 4.17. The van der Waals surface area contributed by atoms with Crippen molar-refractivity contribution in [3.05, 3.63) is 0 Å². The molecule has 0 aromatic carbocycles. The van der Waals surface area contributed by atoms with E-state index < -0.39 is 24.0 Å². The van der Waals surface area contributed by atoms with Crippen LogP contribution in [-0.4, -0.2) is 46.1 Å². The maximum absolute atomic E-state index is 10.6. The normalized spacial score (nSPS) is 14.7. The average Bonchev–Trinajstić information content (AvgIpc) is 2.03. The molecule has 0 aliphatic heterocycles. The maximum Gasteiger partial charge on any atom is 0.336 e. The predicted octanol–water partition coefficient (Wildman–Crippen LogP) is -0.297. The third-order valence-electron chi connectivity index (χ3n) is 1.71. The number of rotatable bonds is 7. The highest BCUT2D eigenvalue weighted by Crippen LogP contribution is 2.15. The van der Waals surface area contributed by atoms with Crippen molar-refractivity contribution in [2.45, 2.75) is 25.4 Å². The summed E-state index contributed by atoms with van der Waals surface area (Å²) in [6, 6.07) is 0. The van der Waals surface area contributed by atoms with Crippen LogP contribution in [0.2, 0.25) is 0 Å². The Hall–Kier alpha value is -1.14. The number of hydrogen-bond donors (Lipinski definition) is 3. The molecule has 0 aromatic rings. The summed E-state index contributed by atoms with van der Waals surface area (Å²) in [5.41, 5.74) is -2.24. The summed E-state index contributed by atoms with van der Waals surface area (Å²) >= 11 is 0. The Morgan fingerprint density at radius 3 is 2.29 bits per heavy atom. The minimum Gasteiger partial charge on any atom is -0.481 e. The van der Waals surface area contributed by atoms with Crippen LogP contribution in [0.3, 0.4) is 0 Å². The Kier molecular flexibility index (Phi) is 5.11. The van der Waals surface area contributed by atoms with E-state index in [9.17, 15) is 14.7 Å². The zero-order valence-electron chi connectivity index (χ0n) is 7.89. The summed E-state index contributed by atoms with van der Waals surface area (Å²) in [4.78, 5) is 20.9. The summed E-state index contributed by atoms with van der Waals surface area (Å²) in [5.74, 6) is -2.90. The molecule has 6 heteroatoms. The van der Waals surface area contributed by atoms with Gasteiger partial charge in [-0.25, -0.2) is 4.79 Å². The fourth-order valence-corrected chi connectivity index (χ4v) is 0.906. The fourth-order valence-electron chi connectivity index (χ4n) is 0.906. The maximum atomic E-state index is 10.6. The zero-order valence-corrected chi connectivity index (χ0v) is 7.89. The molecule has 3 N–H and O–H groups in total. The lowest BCUT2D eigenvalue weighted by molar-refractivity contribution is -0.167. The van der Waals surface area contributed by atoms with E-state index in [1.54, 1.807) is 6.92 Å². The van der Waals surface area contributed by atoms with Gasteiger partial charge < -0.3 is 20.1 Å². The van der Waals surface area contributed by atoms with Gasteiger partial charge in [-0.15, -0.1) is 0 Å². The largest absolute Gasteiger partial charge is 0.481 e. The number of aliphatic hydroxyl groups is 1. The van der Waals surface area contributed by atoms with Gasteiger partial charge in [0.05, 0.1) is 6.42 Å². The van der Waals surface area contributed by atoms with Crippen molar-refractivity contribution < 1.29 is 29.6 Å². The first kappa shape index (κ1) is 12.9. The lowest BCUT2D eigenvalue weighted by Crippen LogP contribution is -2.41. The minimum atomic E-state index is -2.24. The molecular weight excluding hydrogens is 192 g/mol. The van der Waals surface area contributed by atoms with Crippen LogP contribution in [-0.2, 0) is 14.3 Å². The third kappa shape index (κ3) is 4.20. The molecule has 0 rings (SSSR count). The monoisotopic (exact) mass is 206 g/mol. The number of aliphatic carboxylic acids is 2. The molecule has 0 aliphatic carbocycles. The Morgan fingerprint density at radius 2 is 1.93 bits per heavy atom. The van der Waals surface area contributed by atoms with Crippen LogP contribution in [0, 0.1) is 0 Å². The standard InChI is InChI=1S/C8H14O6/c1-2-14-4-3-8(13,7(11)12)5-6(9)10/h13H,2-5H2,1H3,(H,9,10)(H,11,12). The molecule has 0 aliphatic rings. The van der Waals surface area contributed by atoms with Gasteiger partial charge in [0.15, 0.2) is 5.60 Å². The number of carbonyl (C=O) groups is 2. The predicted molar refractivity (Wildman–Crippen MR) is 45.9 cm³/mol.